The monoisotopic (exact) mass is 213 g/mol. The summed E-state index contributed by atoms with van der Waals surface area (Å²) in [5.41, 5.74) is 0. The van der Waals surface area contributed by atoms with Gasteiger partial charge in [-0.15, -0.1) is 0 Å². The van der Waals surface area contributed by atoms with Gasteiger partial charge < -0.3 is 10.4 Å². The van der Waals surface area contributed by atoms with Gasteiger partial charge in [-0.2, -0.15) is 0 Å². The minimum absolute atomic E-state index is 0.0945. The number of rotatable bonds is 5. The molecule has 1 aliphatic rings. The molecule has 1 amide bonds. The minimum Gasteiger partial charge on any atom is -0.481 e. The Morgan fingerprint density at radius 3 is 2.33 bits per heavy atom. The van der Waals surface area contributed by atoms with Crippen molar-refractivity contribution in [1.29, 1.82) is 0 Å². The van der Waals surface area contributed by atoms with Crippen LogP contribution in [-0.4, -0.2) is 23.0 Å². The third kappa shape index (κ3) is 2.94. The molecule has 3 atom stereocenters. The van der Waals surface area contributed by atoms with E-state index in [2.05, 4.69) is 19.2 Å². The van der Waals surface area contributed by atoms with Gasteiger partial charge in [-0.3, -0.25) is 9.59 Å². The molecule has 4 nitrogen and oxygen atoms in total. The SMILES string of the molecule is CCC(NC(=O)[C@@H]1C[C@@H]1C(=O)O)C(C)C. The lowest BCUT2D eigenvalue weighted by Gasteiger charge is -2.20. The first-order valence-electron chi connectivity index (χ1n) is 5.50. The summed E-state index contributed by atoms with van der Waals surface area (Å²) in [6, 6.07) is 0.160. The van der Waals surface area contributed by atoms with Gasteiger partial charge in [-0.25, -0.2) is 0 Å². The van der Waals surface area contributed by atoms with Crippen molar-refractivity contribution >= 4 is 11.9 Å². The summed E-state index contributed by atoms with van der Waals surface area (Å²) in [5, 5.41) is 11.6. The number of aliphatic carboxylic acids is 1. The first kappa shape index (κ1) is 12.0. The van der Waals surface area contributed by atoms with Crippen LogP contribution in [0, 0.1) is 17.8 Å². The summed E-state index contributed by atoms with van der Waals surface area (Å²) in [6.07, 6.45) is 1.38. The molecule has 1 aliphatic carbocycles. The topological polar surface area (TPSA) is 66.4 Å². The second kappa shape index (κ2) is 4.64. The largest absolute Gasteiger partial charge is 0.481 e. The van der Waals surface area contributed by atoms with Crippen LogP contribution in [0.5, 0.6) is 0 Å². The summed E-state index contributed by atoms with van der Waals surface area (Å²) >= 11 is 0. The fourth-order valence-corrected chi connectivity index (χ4v) is 1.79. The summed E-state index contributed by atoms with van der Waals surface area (Å²) in [5.74, 6) is -1.30. The highest BCUT2D eigenvalue weighted by Gasteiger charge is 2.48. The Labute approximate surface area is 90.0 Å². The number of hydrogen-bond donors (Lipinski definition) is 2. The highest BCUT2D eigenvalue weighted by molar-refractivity contribution is 5.89. The standard InChI is InChI=1S/C11H19NO3/c1-4-9(6(2)3)12-10(13)7-5-8(7)11(14)15/h6-9H,4-5H2,1-3H3,(H,12,13)(H,14,15)/t7-,8+,9?/m1/s1. The Morgan fingerprint density at radius 1 is 1.40 bits per heavy atom. The molecular formula is C11H19NO3. The number of carboxylic acid groups (broad SMARTS) is 1. The van der Waals surface area contributed by atoms with E-state index < -0.39 is 11.9 Å². The third-order valence-electron chi connectivity index (χ3n) is 3.02. The highest BCUT2D eigenvalue weighted by Crippen LogP contribution is 2.38. The molecule has 15 heavy (non-hydrogen) atoms. The van der Waals surface area contributed by atoms with Gasteiger partial charge in [0.25, 0.3) is 0 Å². The van der Waals surface area contributed by atoms with Gasteiger partial charge in [-0.05, 0) is 18.8 Å². The Kier molecular flexibility index (Phi) is 3.72. The second-order valence-electron chi connectivity index (χ2n) is 4.55. The molecule has 0 radical (unpaired) electrons. The predicted octanol–water partition coefficient (Wildman–Crippen LogP) is 1.26. The molecule has 86 valence electrons. The van der Waals surface area contributed by atoms with Gasteiger partial charge in [-0.1, -0.05) is 20.8 Å². The van der Waals surface area contributed by atoms with Gasteiger partial charge in [0.1, 0.15) is 0 Å². The van der Waals surface area contributed by atoms with Crippen molar-refractivity contribution < 1.29 is 14.7 Å². The molecule has 0 aromatic rings. The fraction of sp³-hybridized carbons (Fsp3) is 0.818. The van der Waals surface area contributed by atoms with E-state index in [9.17, 15) is 9.59 Å². The van der Waals surface area contributed by atoms with Crippen LogP contribution in [-0.2, 0) is 9.59 Å². The number of nitrogens with one attached hydrogen (secondary N) is 1. The molecule has 1 unspecified atom stereocenters. The van der Waals surface area contributed by atoms with Gasteiger partial charge in [0, 0.05) is 6.04 Å². The molecule has 0 spiro atoms. The van der Waals surface area contributed by atoms with Crippen LogP contribution in [0.15, 0.2) is 0 Å². The van der Waals surface area contributed by atoms with Crippen molar-refractivity contribution in [2.24, 2.45) is 17.8 Å². The van der Waals surface area contributed by atoms with Crippen molar-refractivity contribution in [2.75, 3.05) is 0 Å². The lowest BCUT2D eigenvalue weighted by Crippen LogP contribution is -2.39. The van der Waals surface area contributed by atoms with Crippen LogP contribution in [0.4, 0.5) is 0 Å². The summed E-state index contributed by atoms with van der Waals surface area (Å²) < 4.78 is 0. The van der Waals surface area contributed by atoms with Crippen LogP contribution in [0.25, 0.3) is 0 Å². The third-order valence-corrected chi connectivity index (χ3v) is 3.02. The molecule has 1 fully saturated rings. The zero-order chi connectivity index (χ0) is 11.6. The smallest absolute Gasteiger partial charge is 0.307 e. The number of carboxylic acids is 1. The average molecular weight is 213 g/mol. The molecule has 0 aliphatic heterocycles. The van der Waals surface area contributed by atoms with Crippen molar-refractivity contribution in [3.8, 4) is 0 Å². The van der Waals surface area contributed by atoms with Gasteiger partial charge in [0.15, 0.2) is 0 Å². The van der Waals surface area contributed by atoms with Crippen LogP contribution >= 0.6 is 0 Å². The average Bonchev–Trinajstić information content (AvgIpc) is 2.92. The fourth-order valence-electron chi connectivity index (χ4n) is 1.79. The maximum atomic E-state index is 11.6. The van der Waals surface area contributed by atoms with E-state index in [0.29, 0.717) is 12.3 Å². The number of carbonyl (C=O) groups excluding carboxylic acids is 1. The molecule has 0 aromatic heterocycles. The zero-order valence-corrected chi connectivity index (χ0v) is 9.49. The van der Waals surface area contributed by atoms with E-state index in [1.807, 2.05) is 6.92 Å². The van der Waals surface area contributed by atoms with E-state index in [0.717, 1.165) is 6.42 Å². The summed E-state index contributed by atoms with van der Waals surface area (Å²) in [6.45, 7) is 6.12. The Balaban J connectivity index is 2.40. The van der Waals surface area contributed by atoms with Crippen LogP contribution in [0.3, 0.4) is 0 Å². The zero-order valence-electron chi connectivity index (χ0n) is 9.49. The normalized spacial score (nSPS) is 26.1. The Morgan fingerprint density at radius 2 is 2.00 bits per heavy atom. The Hall–Kier alpha value is -1.06. The van der Waals surface area contributed by atoms with E-state index in [1.54, 1.807) is 0 Å². The van der Waals surface area contributed by atoms with E-state index in [1.165, 1.54) is 0 Å². The van der Waals surface area contributed by atoms with Crippen molar-refractivity contribution in [3.05, 3.63) is 0 Å². The summed E-state index contributed by atoms with van der Waals surface area (Å²) in [7, 11) is 0. The molecule has 4 heteroatoms. The van der Waals surface area contributed by atoms with Crippen LogP contribution in [0.1, 0.15) is 33.6 Å². The predicted molar refractivity (Wildman–Crippen MR) is 56.3 cm³/mol. The van der Waals surface area contributed by atoms with E-state index >= 15 is 0 Å². The molecule has 0 saturated heterocycles. The number of amides is 1. The maximum absolute atomic E-state index is 11.6. The molecule has 1 rings (SSSR count). The minimum atomic E-state index is -0.854. The van der Waals surface area contributed by atoms with E-state index in [4.69, 9.17) is 5.11 Å². The van der Waals surface area contributed by atoms with Gasteiger partial charge in [0.05, 0.1) is 11.8 Å². The summed E-state index contributed by atoms with van der Waals surface area (Å²) in [4.78, 5) is 22.2. The van der Waals surface area contributed by atoms with Crippen molar-refractivity contribution in [1.82, 2.24) is 5.32 Å². The first-order chi connectivity index (χ1) is 6.97. The second-order valence-corrected chi connectivity index (χ2v) is 4.55. The van der Waals surface area contributed by atoms with Crippen LogP contribution < -0.4 is 5.32 Å². The molecular weight excluding hydrogens is 194 g/mol. The van der Waals surface area contributed by atoms with Gasteiger partial charge >= 0.3 is 5.97 Å². The molecule has 0 heterocycles. The lowest BCUT2D eigenvalue weighted by atomic mass is 10.0. The number of hydrogen-bond acceptors (Lipinski definition) is 2. The lowest BCUT2D eigenvalue weighted by molar-refractivity contribution is -0.140. The van der Waals surface area contributed by atoms with Crippen molar-refractivity contribution in [3.63, 3.8) is 0 Å². The number of carbonyl (C=O) groups is 2. The molecule has 2 N–H and O–H groups in total. The molecule has 0 bridgehead atoms. The first-order valence-corrected chi connectivity index (χ1v) is 5.50. The van der Waals surface area contributed by atoms with E-state index in [-0.39, 0.29) is 17.9 Å². The maximum Gasteiger partial charge on any atom is 0.307 e. The van der Waals surface area contributed by atoms with Crippen molar-refractivity contribution in [2.45, 2.75) is 39.7 Å². The quantitative estimate of drug-likeness (QED) is 0.722. The Bertz CT molecular complexity index is 263. The highest BCUT2D eigenvalue weighted by atomic mass is 16.4. The van der Waals surface area contributed by atoms with Crippen LogP contribution in [0.2, 0.25) is 0 Å². The molecule has 0 aromatic carbocycles. The molecule has 1 saturated carbocycles. The van der Waals surface area contributed by atoms with Gasteiger partial charge in [0.2, 0.25) is 5.91 Å².